The molecule has 0 amide bonds. The molecule has 0 atom stereocenters. The first kappa shape index (κ1) is 12.5. The van der Waals surface area contributed by atoms with Crippen molar-refractivity contribution in [2.75, 3.05) is 19.3 Å². The van der Waals surface area contributed by atoms with E-state index in [1.54, 1.807) is 0 Å². The van der Waals surface area contributed by atoms with Crippen LogP contribution in [0, 0.1) is 5.92 Å². The predicted molar refractivity (Wildman–Crippen MR) is 82.0 cm³/mol. The summed E-state index contributed by atoms with van der Waals surface area (Å²) in [6.07, 6.45) is 4.21. The Morgan fingerprint density at radius 3 is 2.47 bits per heavy atom. The molecule has 1 fully saturated rings. The molecule has 0 saturated heterocycles. The Labute approximate surface area is 115 Å². The normalized spacial score (nSPS) is 15.9. The zero-order chi connectivity index (χ0) is 13.2. The van der Waals surface area contributed by atoms with E-state index in [-0.39, 0.29) is 0 Å². The fourth-order valence-corrected chi connectivity index (χ4v) is 2.91. The number of hydrogen-bond acceptors (Lipinski definition) is 2. The zero-order valence-electron chi connectivity index (χ0n) is 11.6. The summed E-state index contributed by atoms with van der Waals surface area (Å²) in [5.74, 6) is 0.909. The molecule has 2 heteroatoms. The Morgan fingerprint density at radius 1 is 1.16 bits per heavy atom. The van der Waals surface area contributed by atoms with Crippen LogP contribution < -0.4 is 5.73 Å². The molecule has 0 aliphatic heterocycles. The average Bonchev–Trinajstić information content (AvgIpc) is 2.35. The Bertz CT molecular complexity index is 572. The van der Waals surface area contributed by atoms with Crippen LogP contribution in [0.1, 0.15) is 24.8 Å². The third-order valence-corrected chi connectivity index (χ3v) is 4.24. The van der Waals surface area contributed by atoms with Crippen LogP contribution >= 0.6 is 0 Å². The van der Waals surface area contributed by atoms with E-state index in [0.717, 1.165) is 18.2 Å². The average molecular weight is 254 g/mol. The molecule has 19 heavy (non-hydrogen) atoms. The van der Waals surface area contributed by atoms with E-state index in [1.807, 2.05) is 0 Å². The maximum atomic E-state index is 6.19. The van der Waals surface area contributed by atoms with Crippen molar-refractivity contribution in [3.05, 3.63) is 42.0 Å². The van der Waals surface area contributed by atoms with Crippen LogP contribution in [0.5, 0.6) is 0 Å². The van der Waals surface area contributed by atoms with Crippen molar-refractivity contribution < 1.29 is 0 Å². The highest BCUT2D eigenvalue weighted by Crippen LogP contribution is 2.28. The molecule has 1 aliphatic rings. The van der Waals surface area contributed by atoms with Gasteiger partial charge in [-0.25, -0.2) is 0 Å². The Morgan fingerprint density at radius 2 is 1.84 bits per heavy atom. The molecule has 1 aliphatic carbocycles. The molecule has 0 spiro atoms. The third-order valence-electron chi connectivity index (χ3n) is 4.24. The van der Waals surface area contributed by atoms with Crippen molar-refractivity contribution in [2.45, 2.75) is 25.8 Å². The molecule has 2 N–H and O–H groups in total. The molecule has 0 bridgehead atoms. The number of hydrogen-bond donors (Lipinski definition) is 1. The third kappa shape index (κ3) is 2.74. The molecule has 2 nitrogen and oxygen atoms in total. The van der Waals surface area contributed by atoms with E-state index >= 15 is 0 Å². The first-order chi connectivity index (χ1) is 9.22. The van der Waals surface area contributed by atoms with Crippen LogP contribution in [-0.4, -0.2) is 18.5 Å². The van der Waals surface area contributed by atoms with Gasteiger partial charge in [0.25, 0.3) is 0 Å². The molecule has 100 valence electrons. The van der Waals surface area contributed by atoms with Gasteiger partial charge in [0.1, 0.15) is 0 Å². The molecule has 2 aromatic carbocycles. The van der Waals surface area contributed by atoms with Gasteiger partial charge in [-0.2, -0.15) is 0 Å². The number of nitrogen functional groups attached to an aromatic ring is 1. The lowest BCUT2D eigenvalue weighted by Crippen LogP contribution is -2.29. The number of anilines is 1. The van der Waals surface area contributed by atoms with Gasteiger partial charge < -0.3 is 10.6 Å². The summed E-state index contributed by atoms with van der Waals surface area (Å²) in [5, 5.41) is 2.51. The van der Waals surface area contributed by atoms with Crippen LogP contribution in [0.2, 0.25) is 0 Å². The Kier molecular flexibility index (Phi) is 3.43. The molecular formula is C17H22N2. The number of fused-ring (bicyclic) bond motifs is 1. The van der Waals surface area contributed by atoms with Crippen molar-refractivity contribution in [2.24, 2.45) is 5.92 Å². The number of nitrogens with two attached hydrogens (primary N) is 1. The van der Waals surface area contributed by atoms with E-state index in [0.29, 0.717) is 0 Å². The van der Waals surface area contributed by atoms with Gasteiger partial charge in [0.15, 0.2) is 0 Å². The van der Waals surface area contributed by atoms with Gasteiger partial charge in [0.05, 0.1) is 0 Å². The van der Waals surface area contributed by atoms with Crippen molar-refractivity contribution in [3.63, 3.8) is 0 Å². The number of benzene rings is 2. The second kappa shape index (κ2) is 5.22. The van der Waals surface area contributed by atoms with Gasteiger partial charge >= 0.3 is 0 Å². The molecule has 0 unspecified atom stereocenters. The minimum atomic E-state index is 0.909. The van der Waals surface area contributed by atoms with Gasteiger partial charge in [-0.05, 0) is 54.3 Å². The fraction of sp³-hybridized carbons (Fsp3) is 0.412. The van der Waals surface area contributed by atoms with Gasteiger partial charge in [0.2, 0.25) is 0 Å². The molecule has 2 aromatic rings. The fourth-order valence-electron chi connectivity index (χ4n) is 2.91. The van der Waals surface area contributed by atoms with E-state index in [4.69, 9.17) is 5.73 Å². The highest BCUT2D eigenvalue weighted by Gasteiger charge is 2.19. The summed E-state index contributed by atoms with van der Waals surface area (Å²) in [7, 11) is 2.20. The lowest BCUT2D eigenvalue weighted by molar-refractivity contribution is 0.200. The minimum absolute atomic E-state index is 0.909. The summed E-state index contributed by atoms with van der Waals surface area (Å²) in [6.45, 7) is 2.15. The van der Waals surface area contributed by atoms with Crippen LogP contribution in [0.3, 0.4) is 0 Å². The standard InChI is InChI=1S/C17H22N2/c1-19(11-13-5-4-6-13)12-16-9-14-7-2-3-8-15(14)10-17(16)18/h2-3,7-10,13H,4-6,11-12,18H2,1H3. The van der Waals surface area contributed by atoms with E-state index < -0.39 is 0 Å². The summed E-state index contributed by atoms with van der Waals surface area (Å²) < 4.78 is 0. The van der Waals surface area contributed by atoms with Crippen LogP contribution in [0.25, 0.3) is 10.8 Å². The van der Waals surface area contributed by atoms with Crippen LogP contribution in [-0.2, 0) is 6.54 Å². The quantitative estimate of drug-likeness (QED) is 0.844. The first-order valence-electron chi connectivity index (χ1n) is 7.18. The van der Waals surface area contributed by atoms with Crippen LogP contribution in [0.4, 0.5) is 5.69 Å². The topological polar surface area (TPSA) is 29.3 Å². The van der Waals surface area contributed by atoms with Gasteiger partial charge in [-0.15, -0.1) is 0 Å². The molecule has 0 radical (unpaired) electrons. The van der Waals surface area contributed by atoms with Crippen molar-refractivity contribution in [1.29, 1.82) is 0 Å². The lowest BCUT2D eigenvalue weighted by atomic mass is 9.85. The van der Waals surface area contributed by atoms with E-state index in [2.05, 4.69) is 48.3 Å². The molecule has 0 heterocycles. The largest absolute Gasteiger partial charge is 0.398 e. The van der Waals surface area contributed by atoms with Gasteiger partial charge in [0, 0.05) is 18.8 Å². The molecule has 0 aromatic heterocycles. The second-order valence-corrected chi connectivity index (χ2v) is 5.89. The van der Waals surface area contributed by atoms with Crippen LogP contribution in [0.15, 0.2) is 36.4 Å². The summed E-state index contributed by atoms with van der Waals surface area (Å²) in [5.41, 5.74) is 8.35. The lowest BCUT2D eigenvalue weighted by Gasteiger charge is -2.30. The highest BCUT2D eigenvalue weighted by atomic mass is 15.1. The SMILES string of the molecule is CN(Cc1cc2ccccc2cc1N)CC1CCC1. The molecule has 3 rings (SSSR count). The number of nitrogens with zero attached hydrogens (tertiary/aromatic N) is 1. The maximum Gasteiger partial charge on any atom is 0.0366 e. The Hall–Kier alpha value is -1.54. The first-order valence-corrected chi connectivity index (χ1v) is 7.18. The highest BCUT2D eigenvalue weighted by molar-refractivity contribution is 5.86. The van der Waals surface area contributed by atoms with Crippen molar-refractivity contribution in [1.82, 2.24) is 4.90 Å². The monoisotopic (exact) mass is 254 g/mol. The summed E-state index contributed by atoms with van der Waals surface area (Å²) >= 11 is 0. The smallest absolute Gasteiger partial charge is 0.0366 e. The van der Waals surface area contributed by atoms with Gasteiger partial charge in [-0.3, -0.25) is 0 Å². The summed E-state index contributed by atoms with van der Waals surface area (Å²) in [4.78, 5) is 2.41. The van der Waals surface area contributed by atoms with E-state index in [9.17, 15) is 0 Å². The van der Waals surface area contributed by atoms with Gasteiger partial charge in [-0.1, -0.05) is 30.7 Å². The predicted octanol–water partition coefficient (Wildman–Crippen LogP) is 3.65. The maximum absolute atomic E-state index is 6.19. The molecular weight excluding hydrogens is 232 g/mol. The summed E-state index contributed by atoms with van der Waals surface area (Å²) in [6, 6.07) is 12.8. The number of rotatable bonds is 4. The van der Waals surface area contributed by atoms with Crippen molar-refractivity contribution >= 4 is 16.5 Å². The second-order valence-electron chi connectivity index (χ2n) is 5.89. The zero-order valence-corrected chi connectivity index (χ0v) is 11.6. The Balaban J connectivity index is 1.77. The van der Waals surface area contributed by atoms with E-state index in [1.165, 1.54) is 42.1 Å². The van der Waals surface area contributed by atoms with Crippen molar-refractivity contribution in [3.8, 4) is 0 Å². The minimum Gasteiger partial charge on any atom is -0.398 e. The molecule has 1 saturated carbocycles.